The zero-order valence-electron chi connectivity index (χ0n) is 15.2. The fourth-order valence-electron chi connectivity index (χ4n) is 2.86. The standard InChI is InChI=1S/C20H22N4OS/c1-4-14-8-6-7-9-17(14)23-20(25)19-13(3)24-26-18(19)11-16-10-15(5-2)21-12-22-16/h6-10,12H,4-5,11H2,1-3H3,(H,23,25). The number of rotatable bonds is 6. The van der Waals surface area contributed by atoms with Crippen LogP contribution in [-0.4, -0.2) is 20.2 Å². The van der Waals surface area contributed by atoms with Gasteiger partial charge in [-0.25, -0.2) is 9.97 Å². The van der Waals surface area contributed by atoms with Crippen molar-refractivity contribution in [3.63, 3.8) is 0 Å². The number of aryl methyl sites for hydroxylation is 3. The number of hydrogen-bond acceptors (Lipinski definition) is 5. The van der Waals surface area contributed by atoms with Crippen LogP contribution < -0.4 is 5.32 Å². The number of carbonyl (C=O) groups is 1. The summed E-state index contributed by atoms with van der Waals surface area (Å²) >= 11 is 1.36. The molecule has 3 rings (SSSR count). The summed E-state index contributed by atoms with van der Waals surface area (Å²) in [6.07, 6.45) is 3.89. The minimum Gasteiger partial charge on any atom is -0.322 e. The summed E-state index contributed by atoms with van der Waals surface area (Å²) in [6, 6.07) is 9.87. The molecule has 2 heterocycles. The Kier molecular flexibility index (Phi) is 5.73. The summed E-state index contributed by atoms with van der Waals surface area (Å²) in [4.78, 5) is 22.4. The third kappa shape index (κ3) is 3.96. The molecule has 134 valence electrons. The maximum absolute atomic E-state index is 12.9. The molecule has 0 fully saturated rings. The van der Waals surface area contributed by atoms with Crippen LogP contribution in [0.25, 0.3) is 0 Å². The highest BCUT2D eigenvalue weighted by molar-refractivity contribution is 7.06. The normalized spacial score (nSPS) is 10.7. The first kappa shape index (κ1) is 18.2. The Balaban J connectivity index is 1.86. The Morgan fingerprint density at radius 1 is 1.12 bits per heavy atom. The molecular formula is C20H22N4OS. The molecule has 1 aromatic carbocycles. The van der Waals surface area contributed by atoms with Gasteiger partial charge in [-0.1, -0.05) is 32.0 Å². The lowest BCUT2D eigenvalue weighted by Crippen LogP contribution is -2.15. The van der Waals surface area contributed by atoms with Crippen LogP contribution in [0.1, 0.15) is 51.7 Å². The van der Waals surface area contributed by atoms with Gasteiger partial charge in [0.15, 0.2) is 0 Å². The summed E-state index contributed by atoms with van der Waals surface area (Å²) in [5.74, 6) is -0.114. The molecule has 26 heavy (non-hydrogen) atoms. The molecule has 0 aliphatic carbocycles. The van der Waals surface area contributed by atoms with E-state index in [1.54, 1.807) is 6.33 Å². The molecule has 0 bridgehead atoms. The average molecular weight is 366 g/mol. The number of para-hydroxylation sites is 1. The molecule has 3 aromatic rings. The van der Waals surface area contributed by atoms with Gasteiger partial charge in [0.1, 0.15) is 6.33 Å². The maximum Gasteiger partial charge on any atom is 0.258 e. The molecule has 0 saturated carbocycles. The van der Waals surface area contributed by atoms with Gasteiger partial charge in [-0.2, -0.15) is 4.37 Å². The topological polar surface area (TPSA) is 67.8 Å². The molecule has 0 atom stereocenters. The van der Waals surface area contributed by atoms with Gasteiger partial charge in [0.05, 0.1) is 11.3 Å². The molecule has 5 nitrogen and oxygen atoms in total. The summed E-state index contributed by atoms with van der Waals surface area (Å²) in [6.45, 7) is 6.01. The number of carbonyl (C=O) groups excluding carboxylic acids is 1. The van der Waals surface area contributed by atoms with Crippen molar-refractivity contribution in [3.05, 3.63) is 69.7 Å². The van der Waals surface area contributed by atoms with Gasteiger partial charge >= 0.3 is 0 Å². The highest BCUT2D eigenvalue weighted by atomic mass is 32.1. The lowest BCUT2D eigenvalue weighted by molar-refractivity contribution is 0.102. The number of nitrogens with one attached hydrogen (secondary N) is 1. The largest absolute Gasteiger partial charge is 0.322 e. The van der Waals surface area contributed by atoms with Crippen LogP contribution in [-0.2, 0) is 19.3 Å². The number of aromatic nitrogens is 3. The number of amides is 1. The van der Waals surface area contributed by atoms with Crippen molar-refractivity contribution in [1.82, 2.24) is 14.3 Å². The van der Waals surface area contributed by atoms with E-state index >= 15 is 0 Å². The second-order valence-corrected chi connectivity index (χ2v) is 6.92. The Labute approximate surface area is 157 Å². The van der Waals surface area contributed by atoms with Gasteiger partial charge in [0.2, 0.25) is 0 Å². The highest BCUT2D eigenvalue weighted by Gasteiger charge is 2.20. The van der Waals surface area contributed by atoms with Crippen LogP contribution in [0.15, 0.2) is 36.7 Å². The lowest BCUT2D eigenvalue weighted by atomic mass is 10.1. The van der Waals surface area contributed by atoms with Crippen molar-refractivity contribution in [2.24, 2.45) is 0 Å². The monoisotopic (exact) mass is 366 g/mol. The van der Waals surface area contributed by atoms with Gasteiger partial charge < -0.3 is 5.32 Å². The van der Waals surface area contributed by atoms with E-state index in [4.69, 9.17) is 0 Å². The summed E-state index contributed by atoms with van der Waals surface area (Å²) in [5.41, 5.74) is 5.28. The van der Waals surface area contributed by atoms with E-state index in [-0.39, 0.29) is 5.91 Å². The van der Waals surface area contributed by atoms with Crippen molar-refractivity contribution in [3.8, 4) is 0 Å². The maximum atomic E-state index is 12.9. The molecule has 0 radical (unpaired) electrons. The van der Waals surface area contributed by atoms with Gasteiger partial charge in [-0.05, 0) is 49.0 Å². The van der Waals surface area contributed by atoms with Crippen LogP contribution in [0.5, 0.6) is 0 Å². The number of nitrogens with zero attached hydrogens (tertiary/aromatic N) is 3. The second kappa shape index (κ2) is 8.19. The first-order valence-electron chi connectivity index (χ1n) is 8.76. The fourth-order valence-corrected chi connectivity index (χ4v) is 3.74. The Bertz CT molecular complexity index is 920. The minimum absolute atomic E-state index is 0.114. The first-order valence-corrected chi connectivity index (χ1v) is 9.53. The molecule has 0 aliphatic heterocycles. The van der Waals surface area contributed by atoms with E-state index in [0.29, 0.717) is 12.0 Å². The molecule has 0 aliphatic rings. The van der Waals surface area contributed by atoms with Crippen LogP contribution >= 0.6 is 11.5 Å². The second-order valence-electron chi connectivity index (χ2n) is 6.06. The van der Waals surface area contributed by atoms with Crippen molar-refractivity contribution in [1.29, 1.82) is 0 Å². The van der Waals surface area contributed by atoms with E-state index in [0.717, 1.165) is 46.1 Å². The number of hydrogen-bond donors (Lipinski definition) is 1. The van der Waals surface area contributed by atoms with Crippen LogP contribution in [0.2, 0.25) is 0 Å². The predicted molar refractivity (Wildman–Crippen MR) is 105 cm³/mol. The van der Waals surface area contributed by atoms with Gasteiger partial charge in [0, 0.05) is 28.4 Å². The van der Waals surface area contributed by atoms with Crippen LogP contribution in [0.3, 0.4) is 0 Å². The van der Waals surface area contributed by atoms with Crippen molar-refractivity contribution < 1.29 is 4.79 Å². The van der Waals surface area contributed by atoms with Crippen LogP contribution in [0, 0.1) is 6.92 Å². The van der Waals surface area contributed by atoms with Gasteiger partial charge in [-0.3, -0.25) is 4.79 Å². The smallest absolute Gasteiger partial charge is 0.258 e. The minimum atomic E-state index is -0.114. The van der Waals surface area contributed by atoms with Gasteiger partial charge in [-0.15, -0.1) is 0 Å². The summed E-state index contributed by atoms with van der Waals surface area (Å²) < 4.78 is 4.40. The molecule has 0 saturated heterocycles. The third-order valence-electron chi connectivity index (χ3n) is 4.29. The summed E-state index contributed by atoms with van der Waals surface area (Å²) in [5, 5.41) is 3.05. The fraction of sp³-hybridized carbons (Fsp3) is 0.300. The van der Waals surface area contributed by atoms with E-state index in [1.165, 1.54) is 11.5 Å². The molecule has 1 amide bonds. The molecule has 1 N–H and O–H groups in total. The SMILES string of the molecule is CCc1cc(Cc2snc(C)c2C(=O)Nc2ccccc2CC)ncn1. The van der Waals surface area contributed by atoms with E-state index in [1.807, 2.05) is 37.3 Å². The molecule has 2 aromatic heterocycles. The Morgan fingerprint density at radius 2 is 1.88 bits per heavy atom. The third-order valence-corrected chi connectivity index (χ3v) is 5.23. The van der Waals surface area contributed by atoms with E-state index < -0.39 is 0 Å². The van der Waals surface area contributed by atoms with E-state index in [9.17, 15) is 4.79 Å². The first-order chi connectivity index (χ1) is 12.6. The zero-order valence-corrected chi connectivity index (χ0v) is 16.1. The number of benzene rings is 1. The van der Waals surface area contributed by atoms with Crippen molar-refractivity contribution in [2.45, 2.75) is 40.0 Å². The quantitative estimate of drug-likeness (QED) is 0.709. The number of anilines is 1. The molecule has 6 heteroatoms. The molecule has 0 unspecified atom stereocenters. The Hall–Kier alpha value is -2.60. The molecule has 0 spiro atoms. The zero-order chi connectivity index (χ0) is 18.5. The van der Waals surface area contributed by atoms with Crippen molar-refractivity contribution >= 4 is 23.1 Å². The average Bonchev–Trinajstić information content (AvgIpc) is 3.02. The van der Waals surface area contributed by atoms with E-state index in [2.05, 4.69) is 33.5 Å². The lowest BCUT2D eigenvalue weighted by Gasteiger charge is -2.10. The van der Waals surface area contributed by atoms with Crippen molar-refractivity contribution in [2.75, 3.05) is 5.32 Å². The highest BCUT2D eigenvalue weighted by Crippen LogP contribution is 2.24. The predicted octanol–water partition coefficient (Wildman–Crippen LogP) is 4.21. The van der Waals surface area contributed by atoms with Gasteiger partial charge in [0.25, 0.3) is 5.91 Å². The summed E-state index contributed by atoms with van der Waals surface area (Å²) in [7, 11) is 0. The Morgan fingerprint density at radius 3 is 2.65 bits per heavy atom. The van der Waals surface area contributed by atoms with Crippen LogP contribution in [0.4, 0.5) is 5.69 Å². The molecular weight excluding hydrogens is 344 g/mol.